The number of rotatable bonds is 10. The van der Waals surface area contributed by atoms with E-state index in [4.69, 9.17) is 21.4 Å². The Morgan fingerprint density at radius 3 is 2.47 bits per heavy atom. The van der Waals surface area contributed by atoms with Gasteiger partial charge in [-0.25, -0.2) is 17.5 Å². The molecule has 0 unspecified atom stereocenters. The highest BCUT2D eigenvalue weighted by Gasteiger charge is 2.16. The first-order valence-electron chi connectivity index (χ1n) is 8.77. The zero-order valence-electron chi connectivity index (χ0n) is 15.9. The average molecular weight is 459 g/mol. The minimum Gasteiger partial charge on any atom is -0.481 e. The van der Waals surface area contributed by atoms with E-state index in [9.17, 15) is 22.4 Å². The van der Waals surface area contributed by atoms with Gasteiger partial charge in [0, 0.05) is 11.6 Å². The van der Waals surface area contributed by atoms with Crippen molar-refractivity contribution in [3.63, 3.8) is 0 Å². The summed E-state index contributed by atoms with van der Waals surface area (Å²) in [6.07, 6.45) is 0.223. The van der Waals surface area contributed by atoms with Crippen molar-refractivity contribution in [2.45, 2.75) is 24.3 Å². The second-order valence-electron chi connectivity index (χ2n) is 6.28. The molecule has 0 aromatic heterocycles. The number of aliphatic carboxylic acids is 1. The molecule has 162 valence electrons. The number of carboxylic acid groups (broad SMARTS) is 1. The van der Waals surface area contributed by atoms with Gasteiger partial charge in [-0.3, -0.25) is 9.59 Å². The third-order valence-corrected chi connectivity index (χ3v) is 5.66. The van der Waals surface area contributed by atoms with Crippen LogP contribution in [0.2, 0.25) is 5.02 Å². The van der Waals surface area contributed by atoms with E-state index in [2.05, 4.69) is 10.0 Å². The second kappa shape index (κ2) is 10.4. The van der Waals surface area contributed by atoms with E-state index in [-0.39, 0.29) is 23.6 Å². The minimum absolute atomic E-state index is 0.0418. The SMILES string of the molecule is C[C@H](NC(=O)COc1ccc(CCNS(=O)(=O)c2ccc(Cl)cc2)cc1F)C(=O)O. The molecule has 0 aliphatic carbocycles. The number of sulfonamides is 1. The molecule has 0 aliphatic rings. The van der Waals surface area contributed by atoms with E-state index in [0.717, 1.165) is 0 Å². The summed E-state index contributed by atoms with van der Waals surface area (Å²) in [6.45, 7) is 0.783. The van der Waals surface area contributed by atoms with E-state index in [0.29, 0.717) is 10.6 Å². The number of benzene rings is 2. The maximum atomic E-state index is 14.2. The van der Waals surface area contributed by atoms with Crippen LogP contribution in [-0.2, 0) is 26.0 Å². The van der Waals surface area contributed by atoms with Crippen LogP contribution in [0.3, 0.4) is 0 Å². The molecule has 0 aliphatic heterocycles. The van der Waals surface area contributed by atoms with Crippen LogP contribution < -0.4 is 14.8 Å². The first-order valence-corrected chi connectivity index (χ1v) is 10.6. The highest BCUT2D eigenvalue weighted by Crippen LogP contribution is 2.19. The summed E-state index contributed by atoms with van der Waals surface area (Å²) in [6, 6.07) is 8.61. The Balaban J connectivity index is 1.87. The number of halogens is 2. The second-order valence-corrected chi connectivity index (χ2v) is 8.49. The van der Waals surface area contributed by atoms with Crippen molar-refractivity contribution in [2.24, 2.45) is 0 Å². The van der Waals surface area contributed by atoms with Crippen molar-refractivity contribution in [3.8, 4) is 5.75 Å². The summed E-state index contributed by atoms with van der Waals surface area (Å²) in [5.74, 6) is -2.82. The van der Waals surface area contributed by atoms with Gasteiger partial charge in [0.1, 0.15) is 6.04 Å². The lowest BCUT2D eigenvalue weighted by Gasteiger charge is -2.11. The van der Waals surface area contributed by atoms with E-state index in [1.54, 1.807) is 0 Å². The number of ether oxygens (including phenoxy) is 1. The summed E-state index contributed by atoms with van der Waals surface area (Å²) in [5.41, 5.74) is 0.516. The summed E-state index contributed by atoms with van der Waals surface area (Å²) in [7, 11) is -3.71. The molecule has 2 rings (SSSR count). The van der Waals surface area contributed by atoms with Gasteiger partial charge in [0.05, 0.1) is 4.90 Å². The van der Waals surface area contributed by atoms with Gasteiger partial charge in [-0.05, 0) is 55.3 Å². The van der Waals surface area contributed by atoms with Crippen LogP contribution in [0, 0.1) is 5.82 Å². The van der Waals surface area contributed by atoms with Gasteiger partial charge in [-0.2, -0.15) is 0 Å². The zero-order chi connectivity index (χ0) is 22.3. The van der Waals surface area contributed by atoms with Crippen LogP contribution in [-0.4, -0.2) is 44.6 Å². The average Bonchev–Trinajstić information content (AvgIpc) is 2.67. The molecule has 11 heteroatoms. The molecular weight excluding hydrogens is 439 g/mol. The highest BCUT2D eigenvalue weighted by molar-refractivity contribution is 7.89. The molecule has 8 nitrogen and oxygen atoms in total. The van der Waals surface area contributed by atoms with Gasteiger partial charge in [0.25, 0.3) is 5.91 Å². The third-order valence-electron chi connectivity index (χ3n) is 3.93. The third kappa shape index (κ3) is 6.97. The number of carbonyl (C=O) groups is 2. The van der Waals surface area contributed by atoms with Crippen LogP contribution in [0.25, 0.3) is 0 Å². The van der Waals surface area contributed by atoms with Crippen LogP contribution >= 0.6 is 11.6 Å². The Morgan fingerprint density at radius 1 is 1.20 bits per heavy atom. The minimum atomic E-state index is -3.71. The van der Waals surface area contributed by atoms with Crippen molar-refractivity contribution in [1.29, 1.82) is 0 Å². The predicted octanol–water partition coefficient (Wildman–Crippen LogP) is 1.97. The van der Waals surface area contributed by atoms with Gasteiger partial charge in [-0.1, -0.05) is 17.7 Å². The van der Waals surface area contributed by atoms with Crippen molar-refractivity contribution in [1.82, 2.24) is 10.0 Å². The molecule has 1 atom stereocenters. The Kier molecular flexibility index (Phi) is 8.16. The molecule has 0 heterocycles. The topological polar surface area (TPSA) is 122 Å². The van der Waals surface area contributed by atoms with Crippen LogP contribution in [0.5, 0.6) is 5.75 Å². The van der Waals surface area contributed by atoms with Crippen molar-refractivity contribution in [3.05, 3.63) is 58.9 Å². The first kappa shape index (κ1) is 23.6. The van der Waals surface area contributed by atoms with Gasteiger partial charge in [-0.15, -0.1) is 0 Å². The largest absolute Gasteiger partial charge is 0.481 e. The molecule has 30 heavy (non-hydrogen) atoms. The molecule has 2 aromatic rings. The molecule has 1 amide bonds. The standard InChI is InChI=1S/C19H20ClFN2O6S/c1-12(19(25)26)23-18(24)11-29-17-7-2-13(10-16(17)21)8-9-22-30(27,28)15-5-3-14(20)4-6-15/h2-7,10,12,22H,8-9,11H2,1H3,(H,23,24)(H,25,26)/t12-/m0/s1. The van der Waals surface area contributed by atoms with E-state index < -0.39 is 40.4 Å². The lowest BCUT2D eigenvalue weighted by molar-refractivity contribution is -0.141. The van der Waals surface area contributed by atoms with Gasteiger partial charge >= 0.3 is 5.97 Å². The maximum absolute atomic E-state index is 14.2. The lowest BCUT2D eigenvalue weighted by atomic mass is 10.1. The van der Waals surface area contributed by atoms with Gasteiger partial charge in [0.2, 0.25) is 10.0 Å². The molecule has 0 radical (unpaired) electrons. The van der Waals surface area contributed by atoms with Crippen molar-refractivity contribution in [2.75, 3.05) is 13.2 Å². The molecule has 3 N–H and O–H groups in total. The van der Waals surface area contributed by atoms with Crippen LogP contribution in [0.4, 0.5) is 4.39 Å². The van der Waals surface area contributed by atoms with E-state index in [1.165, 1.54) is 49.4 Å². The number of carbonyl (C=O) groups excluding carboxylic acids is 1. The summed E-state index contributed by atoms with van der Waals surface area (Å²) in [4.78, 5) is 22.3. The number of carboxylic acids is 1. The van der Waals surface area contributed by atoms with Gasteiger partial charge in [0.15, 0.2) is 18.2 Å². The predicted molar refractivity (Wildman–Crippen MR) is 107 cm³/mol. The fraction of sp³-hybridized carbons (Fsp3) is 0.263. The van der Waals surface area contributed by atoms with Crippen LogP contribution in [0.15, 0.2) is 47.4 Å². The molecule has 0 saturated carbocycles. The first-order chi connectivity index (χ1) is 14.1. The maximum Gasteiger partial charge on any atom is 0.325 e. The number of hydrogen-bond acceptors (Lipinski definition) is 5. The fourth-order valence-electron chi connectivity index (χ4n) is 2.33. The number of amides is 1. The number of hydrogen-bond donors (Lipinski definition) is 3. The van der Waals surface area contributed by atoms with Gasteiger partial charge < -0.3 is 15.2 Å². The molecule has 0 bridgehead atoms. The molecule has 0 saturated heterocycles. The normalized spacial score (nSPS) is 12.2. The molecule has 0 fully saturated rings. The Labute approximate surface area is 178 Å². The van der Waals surface area contributed by atoms with Crippen LogP contribution in [0.1, 0.15) is 12.5 Å². The fourth-order valence-corrected chi connectivity index (χ4v) is 3.49. The Morgan fingerprint density at radius 2 is 1.87 bits per heavy atom. The van der Waals surface area contributed by atoms with E-state index >= 15 is 0 Å². The smallest absolute Gasteiger partial charge is 0.325 e. The molecule has 0 spiro atoms. The summed E-state index contributed by atoms with van der Waals surface area (Å²) >= 11 is 5.74. The number of nitrogens with one attached hydrogen (secondary N) is 2. The highest BCUT2D eigenvalue weighted by atomic mass is 35.5. The Hall–Kier alpha value is -2.69. The Bertz CT molecular complexity index is 1010. The molecular formula is C19H20ClFN2O6S. The quantitative estimate of drug-likeness (QED) is 0.500. The van der Waals surface area contributed by atoms with E-state index in [1.807, 2.05) is 0 Å². The zero-order valence-corrected chi connectivity index (χ0v) is 17.5. The van der Waals surface area contributed by atoms with Crippen molar-refractivity contribution >= 4 is 33.5 Å². The lowest BCUT2D eigenvalue weighted by Crippen LogP contribution is -2.40. The van der Waals surface area contributed by atoms with Crippen molar-refractivity contribution < 1.29 is 32.2 Å². The summed E-state index contributed by atoms with van der Waals surface area (Å²) < 4.78 is 46.0. The molecule has 2 aromatic carbocycles. The monoisotopic (exact) mass is 458 g/mol. The summed E-state index contributed by atoms with van der Waals surface area (Å²) in [5, 5.41) is 11.3.